The molecule has 0 aliphatic rings. The summed E-state index contributed by atoms with van der Waals surface area (Å²) in [7, 11) is 0. The number of nitrogens with one attached hydrogen (secondary N) is 3. The Morgan fingerprint density at radius 2 is 1.66 bits per heavy atom. The molecule has 0 fully saturated rings. The highest BCUT2D eigenvalue weighted by Gasteiger charge is 2.22. The summed E-state index contributed by atoms with van der Waals surface area (Å²) in [6.45, 7) is 6.57. The Morgan fingerprint density at radius 3 is 2.28 bits per heavy atom. The SMILES string of the molecule is C[C@H](NC(=O)OC(C)(C)C)C(=O)Nc1ccc(F)cc1C(=O)Nc1ccccc1. The first-order valence-electron chi connectivity index (χ1n) is 9.01. The second-order valence-corrected chi connectivity index (χ2v) is 7.37. The average molecular weight is 401 g/mol. The van der Waals surface area contributed by atoms with Crippen molar-refractivity contribution in [2.24, 2.45) is 0 Å². The lowest BCUT2D eigenvalue weighted by atomic mass is 10.1. The number of hydrogen-bond acceptors (Lipinski definition) is 4. The maximum Gasteiger partial charge on any atom is 0.408 e. The van der Waals surface area contributed by atoms with Gasteiger partial charge in [0, 0.05) is 5.69 Å². The highest BCUT2D eigenvalue weighted by atomic mass is 19.1. The van der Waals surface area contributed by atoms with E-state index in [2.05, 4.69) is 16.0 Å². The van der Waals surface area contributed by atoms with Crippen molar-refractivity contribution in [3.05, 3.63) is 59.9 Å². The molecule has 7 nitrogen and oxygen atoms in total. The van der Waals surface area contributed by atoms with Gasteiger partial charge in [0.2, 0.25) is 5.91 Å². The van der Waals surface area contributed by atoms with Crippen molar-refractivity contribution in [2.45, 2.75) is 39.3 Å². The van der Waals surface area contributed by atoms with Gasteiger partial charge in [-0.1, -0.05) is 18.2 Å². The van der Waals surface area contributed by atoms with Crippen molar-refractivity contribution < 1.29 is 23.5 Å². The van der Waals surface area contributed by atoms with E-state index in [0.717, 1.165) is 12.1 Å². The van der Waals surface area contributed by atoms with Crippen LogP contribution in [-0.4, -0.2) is 29.6 Å². The molecule has 0 radical (unpaired) electrons. The number of hydrogen-bond donors (Lipinski definition) is 3. The molecule has 0 unspecified atom stereocenters. The highest BCUT2D eigenvalue weighted by Crippen LogP contribution is 2.19. The van der Waals surface area contributed by atoms with E-state index in [1.165, 1.54) is 13.0 Å². The molecule has 3 amide bonds. The van der Waals surface area contributed by atoms with Crippen LogP contribution in [0.3, 0.4) is 0 Å². The van der Waals surface area contributed by atoms with Gasteiger partial charge in [-0.2, -0.15) is 0 Å². The van der Waals surface area contributed by atoms with Gasteiger partial charge in [0.15, 0.2) is 0 Å². The summed E-state index contributed by atoms with van der Waals surface area (Å²) in [5, 5.41) is 7.58. The zero-order chi connectivity index (χ0) is 21.6. The van der Waals surface area contributed by atoms with E-state index in [4.69, 9.17) is 4.74 Å². The zero-order valence-electron chi connectivity index (χ0n) is 16.7. The lowest BCUT2D eigenvalue weighted by molar-refractivity contribution is -0.117. The van der Waals surface area contributed by atoms with Crippen LogP contribution in [-0.2, 0) is 9.53 Å². The molecule has 1 atom stereocenters. The van der Waals surface area contributed by atoms with E-state index in [1.54, 1.807) is 51.1 Å². The third kappa shape index (κ3) is 6.91. The Bertz CT molecular complexity index is 895. The molecule has 154 valence electrons. The molecule has 0 bridgehead atoms. The predicted molar refractivity (Wildman–Crippen MR) is 108 cm³/mol. The number of carbonyl (C=O) groups excluding carboxylic acids is 3. The maximum atomic E-state index is 13.7. The fourth-order valence-electron chi connectivity index (χ4n) is 2.32. The Hall–Kier alpha value is -3.42. The number of amides is 3. The van der Waals surface area contributed by atoms with Gasteiger partial charge in [-0.3, -0.25) is 9.59 Å². The molecule has 0 saturated heterocycles. The number of para-hydroxylation sites is 1. The molecule has 8 heteroatoms. The molecule has 0 saturated carbocycles. The molecule has 2 aromatic rings. The minimum atomic E-state index is -0.945. The van der Waals surface area contributed by atoms with Gasteiger partial charge in [0.1, 0.15) is 17.5 Å². The molecule has 29 heavy (non-hydrogen) atoms. The van der Waals surface area contributed by atoms with Crippen molar-refractivity contribution >= 4 is 29.3 Å². The molecule has 2 aromatic carbocycles. The standard InChI is InChI=1S/C21H24FN3O4/c1-13(23-20(28)29-21(2,3)4)18(26)25-17-11-10-14(22)12-16(17)19(27)24-15-8-6-5-7-9-15/h5-13H,1-4H3,(H,23,28)(H,24,27)(H,25,26)/t13-/m0/s1. The van der Waals surface area contributed by atoms with Gasteiger partial charge < -0.3 is 20.7 Å². The van der Waals surface area contributed by atoms with Crippen molar-refractivity contribution in [2.75, 3.05) is 10.6 Å². The number of anilines is 2. The second kappa shape index (κ2) is 9.18. The number of rotatable bonds is 5. The number of carbonyl (C=O) groups is 3. The van der Waals surface area contributed by atoms with Gasteiger partial charge in [-0.15, -0.1) is 0 Å². The molecule has 0 aromatic heterocycles. The van der Waals surface area contributed by atoms with Gasteiger partial charge in [0.25, 0.3) is 5.91 Å². The number of halogens is 1. The summed E-state index contributed by atoms with van der Waals surface area (Å²) in [6, 6.07) is 11.1. The maximum absolute atomic E-state index is 13.7. The molecule has 0 aliphatic carbocycles. The Labute approximate surface area is 168 Å². The summed E-state index contributed by atoms with van der Waals surface area (Å²) in [5.41, 5.74) is -0.117. The number of benzene rings is 2. The third-order valence-corrected chi connectivity index (χ3v) is 3.64. The van der Waals surface area contributed by atoms with Crippen molar-refractivity contribution in [3.8, 4) is 0 Å². The predicted octanol–water partition coefficient (Wildman–Crippen LogP) is 3.93. The molecule has 0 heterocycles. The summed E-state index contributed by atoms with van der Waals surface area (Å²) in [5.74, 6) is -1.80. The van der Waals surface area contributed by atoms with E-state index in [1.807, 2.05) is 0 Å². The first kappa shape index (κ1) is 21.9. The molecule has 3 N–H and O–H groups in total. The molecule has 0 aliphatic heterocycles. The molecule has 0 spiro atoms. The fraction of sp³-hybridized carbons (Fsp3) is 0.286. The van der Waals surface area contributed by atoms with Crippen LogP contribution >= 0.6 is 0 Å². The van der Waals surface area contributed by atoms with Gasteiger partial charge in [-0.05, 0) is 58.0 Å². The highest BCUT2D eigenvalue weighted by molar-refractivity contribution is 6.10. The van der Waals surface area contributed by atoms with Crippen LogP contribution in [0.2, 0.25) is 0 Å². The smallest absolute Gasteiger partial charge is 0.408 e. The van der Waals surface area contributed by atoms with E-state index >= 15 is 0 Å². The van der Waals surface area contributed by atoms with Crippen LogP contribution in [0.1, 0.15) is 38.1 Å². The van der Waals surface area contributed by atoms with Crippen LogP contribution < -0.4 is 16.0 Å². The van der Waals surface area contributed by atoms with Crippen molar-refractivity contribution in [1.29, 1.82) is 0 Å². The minimum absolute atomic E-state index is 0.0494. The van der Waals surface area contributed by atoms with Gasteiger partial charge in [-0.25, -0.2) is 9.18 Å². The summed E-state index contributed by atoms with van der Waals surface area (Å²) < 4.78 is 18.8. The Kier molecular flexibility index (Phi) is 6.93. The summed E-state index contributed by atoms with van der Waals surface area (Å²) in [6.07, 6.45) is -0.749. The first-order chi connectivity index (χ1) is 13.5. The minimum Gasteiger partial charge on any atom is -0.444 e. The number of ether oxygens (including phenoxy) is 1. The van der Waals surface area contributed by atoms with Gasteiger partial charge >= 0.3 is 6.09 Å². The van der Waals surface area contributed by atoms with Crippen molar-refractivity contribution in [3.63, 3.8) is 0 Å². The third-order valence-electron chi connectivity index (χ3n) is 3.64. The zero-order valence-corrected chi connectivity index (χ0v) is 16.7. The Morgan fingerprint density at radius 1 is 1.00 bits per heavy atom. The van der Waals surface area contributed by atoms with Crippen LogP contribution in [0.4, 0.5) is 20.6 Å². The lowest BCUT2D eigenvalue weighted by Gasteiger charge is -2.22. The molecule has 2 rings (SSSR count). The van der Waals surface area contributed by atoms with E-state index in [0.29, 0.717) is 5.69 Å². The van der Waals surface area contributed by atoms with E-state index in [9.17, 15) is 18.8 Å². The first-order valence-corrected chi connectivity index (χ1v) is 9.01. The second-order valence-electron chi connectivity index (χ2n) is 7.37. The van der Waals surface area contributed by atoms with Crippen LogP contribution in [0.5, 0.6) is 0 Å². The number of alkyl carbamates (subject to hydrolysis) is 1. The van der Waals surface area contributed by atoms with Crippen LogP contribution in [0.15, 0.2) is 48.5 Å². The molecular formula is C21H24FN3O4. The Balaban J connectivity index is 2.11. The lowest BCUT2D eigenvalue weighted by Crippen LogP contribution is -2.44. The van der Waals surface area contributed by atoms with Crippen LogP contribution in [0, 0.1) is 5.82 Å². The fourth-order valence-corrected chi connectivity index (χ4v) is 2.32. The average Bonchev–Trinajstić information content (AvgIpc) is 2.62. The summed E-state index contributed by atoms with van der Waals surface area (Å²) >= 11 is 0. The van der Waals surface area contributed by atoms with Gasteiger partial charge in [0.05, 0.1) is 11.3 Å². The molecular weight excluding hydrogens is 377 g/mol. The topological polar surface area (TPSA) is 96.5 Å². The van der Waals surface area contributed by atoms with Crippen molar-refractivity contribution in [1.82, 2.24) is 5.32 Å². The van der Waals surface area contributed by atoms with E-state index in [-0.39, 0.29) is 11.3 Å². The summed E-state index contributed by atoms with van der Waals surface area (Å²) in [4.78, 5) is 36.8. The largest absolute Gasteiger partial charge is 0.444 e. The monoisotopic (exact) mass is 401 g/mol. The van der Waals surface area contributed by atoms with E-state index < -0.39 is 35.4 Å². The normalized spacial score (nSPS) is 11.9. The van der Waals surface area contributed by atoms with Crippen LogP contribution in [0.25, 0.3) is 0 Å². The quantitative estimate of drug-likeness (QED) is 0.707.